The van der Waals surface area contributed by atoms with Crippen LogP contribution in [0.1, 0.15) is 24.4 Å². The highest BCUT2D eigenvalue weighted by Gasteiger charge is 2.19. The quantitative estimate of drug-likeness (QED) is 0.857. The first-order valence-corrected chi connectivity index (χ1v) is 5.40. The number of aromatic nitrogens is 2. The van der Waals surface area contributed by atoms with Crippen molar-refractivity contribution in [2.24, 2.45) is 0 Å². The van der Waals surface area contributed by atoms with Gasteiger partial charge in [-0.1, -0.05) is 13.0 Å². The van der Waals surface area contributed by atoms with Gasteiger partial charge in [-0.15, -0.1) is 0 Å². The van der Waals surface area contributed by atoms with Crippen LogP contribution in [-0.4, -0.2) is 16.5 Å². The van der Waals surface area contributed by atoms with Crippen molar-refractivity contribution in [1.29, 1.82) is 0 Å². The number of halogens is 2. The van der Waals surface area contributed by atoms with Crippen LogP contribution in [0, 0.1) is 11.6 Å². The molecule has 0 bridgehead atoms. The molecule has 0 aliphatic rings. The molecule has 5 heteroatoms. The van der Waals surface area contributed by atoms with E-state index in [1.54, 1.807) is 12.4 Å². The molecule has 0 saturated heterocycles. The molecule has 0 spiro atoms. The lowest BCUT2D eigenvalue weighted by Crippen LogP contribution is -2.24. The number of imidazole rings is 1. The normalized spacial score (nSPS) is 12.6. The molecule has 0 amide bonds. The SMILES string of the molecule is CCNC(c1ncc[nH]1)c1ccc(F)cc1F. The van der Waals surface area contributed by atoms with Crippen molar-refractivity contribution in [3.05, 3.63) is 53.6 Å². The molecule has 0 saturated carbocycles. The van der Waals surface area contributed by atoms with E-state index < -0.39 is 17.7 Å². The van der Waals surface area contributed by atoms with Crippen LogP contribution in [-0.2, 0) is 0 Å². The molecule has 3 nitrogen and oxygen atoms in total. The Balaban J connectivity index is 2.39. The van der Waals surface area contributed by atoms with E-state index in [1.165, 1.54) is 12.1 Å². The van der Waals surface area contributed by atoms with Gasteiger partial charge >= 0.3 is 0 Å². The number of rotatable bonds is 4. The molecule has 1 aromatic heterocycles. The first-order valence-electron chi connectivity index (χ1n) is 5.40. The van der Waals surface area contributed by atoms with Gasteiger partial charge in [0.2, 0.25) is 0 Å². The van der Waals surface area contributed by atoms with Crippen molar-refractivity contribution in [2.75, 3.05) is 6.54 Å². The maximum absolute atomic E-state index is 13.7. The maximum Gasteiger partial charge on any atom is 0.131 e. The number of H-pyrrole nitrogens is 1. The van der Waals surface area contributed by atoms with E-state index in [-0.39, 0.29) is 0 Å². The van der Waals surface area contributed by atoms with Crippen LogP contribution >= 0.6 is 0 Å². The molecule has 0 radical (unpaired) electrons. The summed E-state index contributed by atoms with van der Waals surface area (Å²) in [5, 5.41) is 3.11. The summed E-state index contributed by atoms with van der Waals surface area (Å²) in [6.07, 6.45) is 3.27. The van der Waals surface area contributed by atoms with Crippen molar-refractivity contribution >= 4 is 0 Å². The van der Waals surface area contributed by atoms with Crippen LogP contribution in [0.5, 0.6) is 0 Å². The molecule has 1 aromatic carbocycles. The van der Waals surface area contributed by atoms with E-state index in [1.807, 2.05) is 6.92 Å². The minimum Gasteiger partial charge on any atom is -0.347 e. The summed E-state index contributed by atoms with van der Waals surface area (Å²) in [4.78, 5) is 7.02. The molecule has 0 fully saturated rings. The van der Waals surface area contributed by atoms with Crippen LogP contribution in [0.25, 0.3) is 0 Å². The number of hydrogen-bond acceptors (Lipinski definition) is 2. The average Bonchev–Trinajstić information content (AvgIpc) is 2.80. The monoisotopic (exact) mass is 237 g/mol. The molecule has 0 aliphatic heterocycles. The van der Waals surface area contributed by atoms with Crippen molar-refractivity contribution in [3.63, 3.8) is 0 Å². The Morgan fingerprint density at radius 2 is 2.24 bits per heavy atom. The summed E-state index contributed by atoms with van der Waals surface area (Å²) in [7, 11) is 0. The third-order valence-electron chi connectivity index (χ3n) is 2.47. The van der Waals surface area contributed by atoms with E-state index in [0.29, 0.717) is 17.9 Å². The average molecular weight is 237 g/mol. The largest absolute Gasteiger partial charge is 0.347 e. The summed E-state index contributed by atoms with van der Waals surface area (Å²) in [5.41, 5.74) is 0.378. The Labute approximate surface area is 97.9 Å². The first-order chi connectivity index (χ1) is 8.22. The number of hydrogen-bond donors (Lipinski definition) is 2. The number of nitrogens with one attached hydrogen (secondary N) is 2. The van der Waals surface area contributed by atoms with Gasteiger partial charge in [0.25, 0.3) is 0 Å². The van der Waals surface area contributed by atoms with Crippen LogP contribution in [0.3, 0.4) is 0 Å². The van der Waals surface area contributed by atoms with E-state index in [4.69, 9.17) is 0 Å². The van der Waals surface area contributed by atoms with Crippen molar-refractivity contribution in [1.82, 2.24) is 15.3 Å². The van der Waals surface area contributed by atoms with Crippen LogP contribution < -0.4 is 5.32 Å². The number of aromatic amines is 1. The third-order valence-corrected chi connectivity index (χ3v) is 2.47. The van der Waals surface area contributed by atoms with E-state index in [0.717, 1.165) is 6.07 Å². The highest BCUT2D eigenvalue weighted by atomic mass is 19.1. The predicted molar refractivity (Wildman–Crippen MR) is 60.5 cm³/mol. The van der Waals surface area contributed by atoms with E-state index >= 15 is 0 Å². The van der Waals surface area contributed by atoms with Crippen molar-refractivity contribution in [3.8, 4) is 0 Å². The van der Waals surface area contributed by atoms with Crippen LogP contribution in [0.15, 0.2) is 30.6 Å². The smallest absolute Gasteiger partial charge is 0.131 e. The van der Waals surface area contributed by atoms with Gasteiger partial charge in [0.15, 0.2) is 0 Å². The molecular weight excluding hydrogens is 224 g/mol. The van der Waals surface area contributed by atoms with Gasteiger partial charge in [-0.3, -0.25) is 0 Å². The second-order valence-electron chi connectivity index (χ2n) is 3.63. The van der Waals surface area contributed by atoms with E-state index in [2.05, 4.69) is 15.3 Å². The zero-order valence-electron chi connectivity index (χ0n) is 9.37. The standard InChI is InChI=1S/C12H13F2N3/c1-2-15-11(12-16-5-6-17-12)9-4-3-8(13)7-10(9)14/h3-7,11,15H,2H2,1H3,(H,16,17). The first kappa shape index (κ1) is 11.7. The van der Waals surface area contributed by atoms with Gasteiger partial charge < -0.3 is 10.3 Å². The zero-order valence-corrected chi connectivity index (χ0v) is 9.37. The van der Waals surface area contributed by atoms with Crippen molar-refractivity contribution < 1.29 is 8.78 Å². The van der Waals surface area contributed by atoms with Gasteiger partial charge in [-0.2, -0.15) is 0 Å². The summed E-state index contributed by atoms with van der Waals surface area (Å²) >= 11 is 0. The Morgan fingerprint density at radius 1 is 1.41 bits per heavy atom. The topological polar surface area (TPSA) is 40.7 Å². The van der Waals surface area contributed by atoms with Crippen molar-refractivity contribution in [2.45, 2.75) is 13.0 Å². The molecule has 1 heterocycles. The fourth-order valence-corrected chi connectivity index (χ4v) is 1.73. The summed E-state index contributed by atoms with van der Waals surface area (Å²) in [6, 6.07) is 3.16. The Hall–Kier alpha value is -1.75. The maximum atomic E-state index is 13.7. The summed E-state index contributed by atoms with van der Waals surface area (Å²) in [6.45, 7) is 2.57. The van der Waals surface area contributed by atoms with Crippen LogP contribution in [0.4, 0.5) is 8.78 Å². The highest BCUT2D eigenvalue weighted by molar-refractivity contribution is 5.27. The molecule has 0 aliphatic carbocycles. The van der Waals surface area contributed by atoms with Gasteiger partial charge in [0, 0.05) is 24.0 Å². The molecule has 90 valence electrons. The fourth-order valence-electron chi connectivity index (χ4n) is 1.73. The Bertz CT molecular complexity index is 483. The predicted octanol–water partition coefficient (Wildman–Crippen LogP) is 2.39. The Morgan fingerprint density at radius 3 is 2.82 bits per heavy atom. The van der Waals surface area contributed by atoms with Gasteiger partial charge in [0.05, 0.1) is 6.04 Å². The Kier molecular flexibility index (Phi) is 3.49. The summed E-state index contributed by atoms with van der Waals surface area (Å²) in [5.74, 6) is -0.550. The number of nitrogens with zero attached hydrogens (tertiary/aromatic N) is 1. The molecule has 2 N–H and O–H groups in total. The zero-order chi connectivity index (χ0) is 12.3. The molecule has 1 unspecified atom stereocenters. The molecule has 1 atom stereocenters. The molecule has 2 aromatic rings. The van der Waals surface area contributed by atoms with Gasteiger partial charge in [-0.25, -0.2) is 13.8 Å². The van der Waals surface area contributed by atoms with E-state index in [9.17, 15) is 8.78 Å². The second-order valence-corrected chi connectivity index (χ2v) is 3.63. The van der Waals surface area contributed by atoms with Gasteiger partial charge in [0.1, 0.15) is 17.5 Å². The lowest BCUT2D eigenvalue weighted by atomic mass is 10.1. The fraction of sp³-hybridized carbons (Fsp3) is 0.250. The van der Waals surface area contributed by atoms with Crippen LogP contribution in [0.2, 0.25) is 0 Å². The summed E-state index contributed by atoms with van der Waals surface area (Å²) < 4.78 is 26.5. The molecule has 2 rings (SSSR count). The lowest BCUT2D eigenvalue weighted by Gasteiger charge is -2.16. The minimum atomic E-state index is -0.582. The lowest BCUT2D eigenvalue weighted by molar-refractivity contribution is 0.531. The minimum absolute atomic E-state index is 0.378. The molecular formula is C12H13F2N3. The third kappa shape index (κ3) is 2.50. The second kappa shape index (κ2) is 5.05. The highest BCUT2D eigenvalue weighted by Crippen LogP contribution is 2.22. The van der Waals surface area contributed by atoms with Gasteiger partial charge in [-0.05, 0) is 12.6 Å². The number of benzene rings is 1. The molecule has 17 heavy (non-hydrogen) atoms.